The van der Waals surface area contributed by atoms with Crippen molar-refractivity contribution in [2.24, 2.45) is 5.10 Å². The first-order valence-electron chi connectivity index (χ1n) is 6.09. The molecule has 0 saturated carbocycles. The lowest BCUT2D eigenvalue weighted by Crippen LogP contribution is -2.19. The summed E-state index contributed by atoms with van der Waals surface area (Å²) in [6.45, 7) is 0. The summed E-state index contributed by atoms with van der Waals surface area (Å²) in [5, 5.41) is 13.3. The number of amides is 1. The van der Waals surface area contributed by atoms with Crippen LogP contribution < -0.4 is 5.43 Å². The van der Waals surface area contributed by atoms with Gasteiger partial charge in [0.1, 0.15) is 5.75 Å². The maximum atomic E-state index is 11.7. The summed E-state index contributed by atoms with van der Waals surface area (Å²) in [5.41, 5.74) is 4.21. The number of aromatic hydroxyl groups is 1. The molecule has 0 fully saturated rings. The Hall–Kier alpha value is -1.41. The number of hydrazone groups is 1. The van der Waals surface area contributed by atoms with Crippen LogP contribution in [0.15, 0.2) is 52.0 Å². The zero-order valence-corrected chi connectivity index (χ0v) is 14.6. The number of carbonyl (C=O) groups excluding carboxylic acids is 1. The summed E-state index contributed by atoms with van der Waals surface area (Å²) in [4.78, 5) is 11.7. The van der Waals surface area contributed by atoms with Crippen LogP contribution in [0.5, 0.6) is 5.75 Å². The largest absolute Gasteiger partial charge is 0.507 e. The zero-order valence-electron chi connectivity index (χ0n) is 10.9. The Morgan fingerprint density at radius 3 is 2.67 bits per heavy atom. The molecule has 2 aromatic rings. The van der Waals surface area contributed by atoms with Gasteiger partial charge in [0.2, 0.25) is 5.91 Å². The van der Waals surface area contributed by atoms with Gasteiger partial charge in [0, 0.05) is 4.47 Å². The number of nitrogens with one attached hydrogen (secondary N) is 1. The highest BCUT2D eigenvalue weighted by atomic mass is 127. The molecule has 2 rings (SSSR count). The van der Waals surface area contributed by atoms with Gasteiger partial charge in [-0.2, -0.15) is 5.10 Å². The molecule has 0 unspecified atom stereocenters. The molecule has 0 spiro atoms. The minimum Gasteiger partial charge on any atom is -0.507 e. The molecule has 0 atom stereocenters. The molecule has 6 heteroatoms. The van der Waals surface area contributed by atoms with Gasteiger partial charge in [0.05, 0.1) is 16.2 Å². The Bertz CT molecular complexity index is 672. The van der Waals surface area contributed by atoms with Crippen molar-refractivity contribution in [2.75, 3.05) is 0 Å². The van der Waals surface area contributed by atoms with Gasteiger partial charge in [0.15, 0.2) is 0 Å². The summed E-state index contributed by atoms with van der Waals surface area (Å²) in [6.07, 6.45) is 1.82. The molecule has 0 aliphatic carbocycles. The molecule has 0 radical (unpaired) electrons. The summed E-state index contributed by atoms with van der Waals surface area (Å²) >= 11 is 5.38. The van der Waals surface area contributed by atoms with Gasteiger partial charge >= 0.3 is 0 Å². The summed E-state index contributed by atoms with van der Waals surface area (Å²) in [5.74, 6) is 0.0501. The number of halogens is 2. The van der Waals surface area contributed by atoms with E-state index in [1.807, 2.05) is 46.9 Å². The van der Waals surface area contributed by atoms with Gasteiger partial charge in [-0.1, -0.05) is 28.1 Å². The van der Waals surface area contributed by atoms with Gasteiger partial charge in [-0.05, 0) is 64.0 Å². The van der Waals surface area contributed by atoms with Gasteiger partial charge in [0.25, 0.3) is 0 Å². The molecule has 0 aliphatic rings. The number of phenolic OH excluding ortho intramolecular Hbond substituents is 1. The predicted molar refractivity (Wildman–Crippen MR) is 94.4 cm³/mol. The fourth-order valence-corrected chi connectivity index (χ4v) is 2.41. The Morgan fingerprint density at radius 1 is 1.29 bits per heavy atom. The molecule has 0 saturated heterocycles. The lowest BCUT2D eigenvalue weighted by Gasteiger charge is -2.01. The SMILES string of the molecule is O=C(Cc1ccc(Br)cc1)NN=Cc1ccc(O)c(I)c1. The molecule has 21 heavy (non-hydrogen) atoms. The molecule has 0 heterocycles. The topological polar surface area (TPSA) is 61.7 Å². The minimum atomic E-state index is -0.179. The van der Waals surface area contributed by atoms with Gasteiger partial charge in [-0.25, -0.2) is 5.43 Å². The van der Waals surface area contributed by atoms with E-state index in [9.17, 15) is 9.90 Å². The van der Waals surface area contributed by atoms with Crippen LogP contribution in [-0.2, 0) is 11.2 Å². The molecule has 0 bridgehead atoms. The lowest BCUT2D eigenvalue weighted by atomic mass is 10.1. The highest BCUT2D eigenvalue weighted by molar-refractivity contribution is 14.1. The van der Waals surface area contributed by atoms with Crippen LogP contribution in [0.4, 0.5) is 0 Å². The van der Waals surface area contributed by atoms with Crippen LogP contribution >= 0.6 is 38.5 Å². The Morgan fingerprint density at radius 2 is 2.00 bits per heavy atom. The third-order valence-electron chi connectivity index (χ3n) is 2.65. The monoisotopic (exact) mass is 458 g/mol. The molecule has 108 valence electrons. The molecule has 2 aromatic carbocycles. The van der Waals surface area contributed by atoms with E-state index in [4.69, 9.17) is 0 Å². The molecule has 2 N–H and O–H groups in total. The first kappa shape index (κ1) is 16.0. The number of phenols is 1. The molecular formula is C15H12BrIN2O2. The van der Waals surface area contributed by atoms with Crippen LogP contribution in [0.25, 0.3) is 0 Å². The van der Waals surface area contributed by atoms with E-state index in [-0.39, 0.29) is 18.1 Å². The van der Waals surface area contributed by atoms with E-state index in [1.165, 1.54) is 0 Å². The highest BCUT2D eigenvalue weighted by Crippen LogP contribution is 2.19. The van der Waals surface area contributed by atoms with Gasteiger partial charge in [-0.3, -0.25) is 4.79 Å². The maximum absolute atomic E-state index is 11.7. The summed E-state index contributed by atoms with van der Waals surface area (Å²) in [6, 6.07) is 12.6. The van der Waals surface area contributed by atoms with Crippen LogP contribution in [-0.4, -0.2) is 17.2 Å². The second-order valence-corrected chi connectivity index (χ2v) is 6.39. The van der Waals surface area contributed by atoms with Crippen molar-refractivity contribution < 1.29 is 9.90 Å². The van der Waals surface area contributed by atoms with Crippen molar-refractivity contribution in [2.45, 2.75) is 6.42 Å². The van der Waals surface area contributed by atoms with E-state index < -0.39 is 0 Å². The van der Waals surface area contributed by atoms with E-state index in [2.05, 4.69) is 26.5 Å². The van der Waals surface area contributed by atoms with Crippen molar-refractivity contribution in [3.8, 4) is 5.75 Å². The standard InChI is InChI=1S/C15H12BrIN2O2/c16-12-4-1-10(2-5-12)8-15(21)19-18-9-11-3-6-14(20)13(17)7-11/h1-7,9,20H,8H2,(H,19,21). The van der Waals surface area contributed by atoms with Crippen molar-refractivity contribution >= 4 is 50.6 Å². The normalized spacial score (nSPS) is 10.8. The first-order valence-corrected chi connectivity index (χ1v) is 7.96. The average Bonchev–Trinajstić information content (AvgIpc) is 2.45. The summed E-state index contributed by atoms with van der Waals surface area (Å²) in [7, 11) is 0. The molecule has 0 aliphatic heterocycles. The smallest absolute Gasteiger partial charge is 0.244 e. The van der Waals surface area contributed by atoms with Crippen molar-refractivity contribution in [3.05, 3.63) is 61.6 Å². The van der Waals surface area contributed by atoms with Crippen molar-refractivity contribution in [1.29, 1.82) is 0 Å². The highest BCUT2D eigenvalue weighted by Gasteiger charge is 2.02. The number of benzene rings is 2. The quantitative estimate of drug-likeness (QED) is 0.418. The summed E-state index contributed by atoms with van der Waals surface area (Å²) < 4.78 is 1.71. The lowest BCUT2D eigenvalue weighted by molar-refractivity contribution is -0.120. The van der Waals surface area contributed by atoms with Crippen LogP contribution in [0.2, 0.25) is 0 Å². The van der Waals surface area contributed by atoms with Crippen LogP contribution in [0.1, 0.15) is 11.1 Å². The third kappa shape index (κ3) is 5.13. The van der Waals surface area contributed by atoms with E-state index >= 15 is 0 Å². The maximum Gasteiger partial charge on any atom is 0.244 e. The average molecular weight is 459 g/mol. The van der Waals surface area contributed by atoms with E-state index in [1.54, 1.807) is 24.4 Å². The second-order valence-electron chi connectivity index (χ2n) is 4.31. The molecule has 1 amide bonds. The van der Waals surface area contributed by atoms with Crippen molar-refractivity contribution in [1.82, 2.24) is 5.43 Å². The van der Waals surface area contributed by atoms with E-state index in [0.29, 0.717) is 0 Å². The Kier molecular flexibility index (Phi) is 5.75. The zero-order chi connectivity index (χ0) is 15.2. The van der Waals surface area contributed by atoms with Gasteiger partial charge < -0.3 is 5.11 Å². The number of carbonyl (C=O) groups is 1. The Labute approximate surface area is 144 Å². The third-order valence-corrected chi connectivity index (χ3v) is 4.05. The second kappa shape index (κ2) is 7.56. The Balaban J connectivity index is 1.89. The molecule has 4 nitrogen and oxygen atoms in total. The van der Waals surface area contributed by atoms with Gasteiger partial charge in [-0.15, -0.1) is 0 Å². The number of rotatable bonds is 4. The molecular weight excluding hydrogens is 447 g/mol. The van der Waals surface area contributed by atoms with Crippen LogP contribution in [0.3, 0.4) is 0 Å². The number of hydrogen-bond donors (Lipinski definition) is 2. The number of hydrogen-bond acceptors (Lipinski definition) is 3. The fourth-order valence-electron chi connectivity index (χ4n) is 1.61. The molecule has 0 aromatic heterocycles. The van der Waals surface area contributed by atoms with Crippen molar-refractivity contribution in [3.63, 3.8) is 0 Å². The predicted octanol–water partition coefficient (Wildman–Crippen LogP) is 3.45. The first-order chi connectivity index (χ1) is 10.0. The van der Waals surface area contributed by atoms with Crippen LogP contribution in [0, 0.1) is 3.57 Å². The number of nitrogens with zero attached hydrogens (tertiary/aromatic N) is 1. The van der Waals surface area contributed by atoms with E-state index in [0.717, 1.165) is 19.2 Å². The minimum absolute atomic E-state index is 0.179. The fraction of sp³-hybridized carbons (Fsp3) is 0.0667.